The molecular weight excluding hydrogens is 642 g/mol. The molecule has 0 aromatic rings. The first kappa shape index (κ1) is 39.5. The Balaban J connectivity index is 1.55. The van der Waals surface area contributed by atoms with Crippen LogP contribution in [0.3, 0.4) is 0 Å². The smallest absolute Gasteiger partial charge is 0.249 e. The van der Waals surface area contributed by atoms with Crippen molar-refractivity contribution in [1.82, 2.24) is 10.6 Å². The fraction of sp³-hybridized carbons (Fsp3) is 0.964. The number of hydrogen-bond donors (Lipinski definition) is 13. The van der Waals surface area contributed by atoms with Crippen molar-refractivity contribution in [3.8, 4) is 0 Å². The molecule has 18 N–H and O–H groups in total. The number of nitrogens with one attached hydrogen (secondary N) is 2. The second-order valence-corrected chi connectivity index (χ2v) is 12.9. The van der Waals surface area contributed by atoms with E-state index in [0.29, 0.717) is 19.4 Å². The highest BCUT2D eigenvalue weighted by atomic mass is 16.8. The van der Waals surface area contributed by atoms with Gasteiger partial charge in [-0.2, -0.15) is 0 Å². The molecule has 4 aliphatic rings. The highest BCUT2D eigenvalue weighted by Crippen LogP contribution is 2.34. The minimum Gasteiger partial charge on any atom is -0.394 e. The Hall–Kier alpha value is -1.25. The zero-order chi connectivity index (χ0) is 35.3. The van der Waals surface area contributed by atoms with Crippen LogP contribution >= 0.6 is 0 Å². The number of carbonyl (C=O) groups is 1. The molecule has 280 valence electrons. The number of aliphatic hydroxyl groups excluding tert-OH is 6. The summed E-state index contributed by atoms with van der Waals surface area (Å²) in [6, 6.07) is -3.71. The minimum atomic E-state index is -1.63. The van der Waals surface area contributed by atoms with Crippen LogP contribution < -0.4 is 39.3 Å². The van der Waals surface area contributed by atoms with Gasteiger partial charge in [0.2, 0.25) is 5.91 Å². The second-order valence-electron chi connectivity index (χ2n) is 12.9. The lowest BCUT2D eigenvalue weighted by molar-refractivity contribution is -0.289. The number of amides is 1. The van der Waals surface area contributed by atoms with E-state index in [4.69, 9.17) is 57.1 Å². The van der Waals surface area contributed by atoms with E-state index >= 15 is 0 Å². The first-order chi connectivity index (χ1) is 22.8. The molecule has 0 radical (unpaired) electrons. The Morgan fingerprint density at radius 1 is 0.833 bits per heavy atom. The molecule has 1 saturated carbocycles. The predicted molar refractivity (Wildman–Crippen MR) is 164 cm³/mol. The van der Waals surface area contributed by atoms with Crippen LogP contribution in [0.4, 0.5) is 0 Å². The van der Waals surface area contributed by atoms with Crippen LogP contribution in [0.5, 0.6) is 0 Å². The van der Waals surface area contributed by atoms with Gasteiger partial charge in [-0.15, -0.1) is 0 Å². The predicted octanol–water partition coefficient (Wildman–Crippen LogP) is -7.71. The van der Waals surface area contributed by atoms with Gasteiger partial charge in [0.25, 0.3) is 0 Å². The fourth-order valence-electron chi connectivity index (χ4n) is 6.53. The molecule has 1 aliphatic carbocycles. The van der Waals surface area contributed by atoms with Gasteiger partial charge in [-0.25, -0.2) is 0 Å². The van der Waals surface area contributed by atoms with Crippen molar-refractivity contribution in [1.29, 1.82) is 0 Å². The lowest BCUT2D eigenvalue weighted by atomic mass is 9.83. The average molecular weight is 698 g/mol. The third kappa shape index (κ3) is 8.96. The normalized spacial score (nSPS) is 46.0. The molecule has 0 aromatic carbocycles. The average Bonchev–Trinajstić information content (AvgIpc) is 3.36. The van der Waals surface area contributed by atoms with Crippen LogP contribution in [0.2, 0.25) is 0 Å². The molecule has 18 atom stereocenters. The molecule has 20 heteroatoms. The number of ether oxygens (including phenoxy) is 6. The third-order valence-corrected chi connectivity index (χ3v) is 9.35. The first-order valence-electron chi connectivity index (χ1n) is 16.4. The van der Waals surface area contributed by atoms with Crippen molar-refractivity contribution in [2.45, 2.75) is 136 Å². The van der Waals surface area contributed by atoms with Gasteiger partial charge in [-0.3, -0.25) is 4.79 Å². The maximum atomic E-state index is 12.7. The SMILES string of the molecule is CNC[C@@H]1CC[C@@H](N)[C@@H](O[C@H]2[C@H](O[C@@H]3O[C@H](CO)[C@@H](O[C@H]4O[C@@H](CN)[C@@H](O)[C@H](O)[C@H]4N)[C@H]3O)[C@@H](O)[C@H](NC(=O)C(O)CCN)C[C@@H]2N)O1. The van der Waals surface area contributed by atoms with E-state index in [2.05, 4.69) is 10.6 Å². The van der Waals surface area contributed by atoms with Crippen molar-refractivity contribution >= 4 is 5.91 Å². The lowest BCUT2D eigenvalue weighted by Gasteiger charge is -2.46. The first-order valence-corrected chi connectivity index (χ1v) is 16.4. The summed E-state index contributed by atoms with van der Waals surface area (Å²) in [5.74, 6) is -0.778. The van der Waals surface area contributed by atoms with Crippen molar-refractivity contribution in [3.05, 3.63) is 0 Å². The van der Waals surface area contributed by atoms with Crippen LogP contribution in [0, 0.1) is 0 Å². The quantitative estimate of drug-likeness (QED) is 0.0801. The van der Waals surface area contributed by atoms with Crippen LogP contribution in [0.15, 0.2) is 0 Å². The van der Waals surface area contributed by atoms with Gasteiger partial charge >= 0.3 is 0 Å². The maximum Gasteiger partial charge on any atom is 0.249 e. The Morgan fingerprint density at radius 2 is 1.50 bits per heavy atom. The number of aliphatic hydroxyl groups is 6. The van der Waals surface area contributed by atoms with E-state index in [1.165, 1.54) is 0 Å². The summed E-state index contributed by atoms with van der Waals surface area (Å²) in [5.41, 5.74) is 30.0. The second kappa shape index (κ2) is 17.8. The lowest BCUT2D eigenvalue weighted by Crippen LogP contribution is -2.67. The van der Waals surface area contributed by atoms with Crippen LogP contribution in [-0.2, 0) is 33.2 Å². The van der Waals surface area contributed by atoms with E-state index in [1.54, 1.807) is 7.05 Å². The molecule has 4 rings (SSSR count). The summed E-state index contributed by atoms with van der Waals surface area (Å²) in [4.78, 5) is 12.7. The Kier molecular flexibility index (Phi) is 14.7. The molecule has 0 spiro atoms. The van der Waals surface area contributed by atoms with Crippen molar-refractivity contribution < 1.29 is 63.9 Å². The third-order valence-electron chi connectivity index (χ3n) is 9.35. The van der Waals surface area contributed by atoms with E-state index < -0.39 is 117 Å². The number of nitrogens with two attached hydrogens (primary N) is 5. The fourth-order valence-corrected chi connectivity index (χ4v) is 6.53. The van der Waals surface area contributed by atoms with Gasteiger partial charge in [0.05, 0.1) is 30.8 Å². The standard InChI is InChI=1S/C28H55N7O13/c1-34-8-10-2-3-11(31)26(43-10)46-22-12(32)6-13(35-25(42)14(37)4-5-29)18(38)24(22)48-28-21(41)23(16(9-36)45-28)47-27-17(33)20(40)19(39)15(7-30)44-27/h10-24,26-28,34,36-41H,2-9,29-33H2,1H3,(H,35,42)/t10-,11+,12-,13+,14?,15-,16+,17+,18-,19+,20+,21+,22+,23+,24+,26+,27+,28-/m0/s1. The highest BCUT2D eigenvalue weighted by Gasteiger charge is 2.54. The largest absolute Gasteiger partial charge is 0.394 e. The van der Waals surface area contributed by atoms with Gasteiger partial charge in [0, 0.05) is 19.1 Å². The van der Waals surface area contributed by atoms with E-state index in [9.17, 15) is 35.4 Å². The van der Waals surface area contributed by atoms with Gasteiger partial charge < -0.3 is 98.4 Å². The van der Waals surface area contributed by atoms with Crippen molar-refractivity contribution in [2.24, 2.45) is 28.7 Å². The summed E-state index contributed by atoms with van der Waals surface area (Å²) < 4.78 is 35.8. The Morgan fingerprint density at radius 3 is 2.15 bits per heavy atom. The van der Waals surface area contributed by atoms with Crippen LogP contribution in [0.1, 0.15) is 25.7 Å². The molecule has 0 bridgehead atoms. The highest BCUT2D eigenvalue weighted by molar-refractivity contribution is 5.80. The van der Waals surface area contributed by atoms with Gasteiger partial charge in [0.15, 0.2) is 18.9 Å². The molecule has 3 aliphatic heterocycles. The number of likely N-dealkylation sites (N-methyl/N-ethyl adjacent to an activating group) is 1. The van der Waals surface area contributed by atoms with Crippen LogP contribution in [-0.4, -0.2) is 180 Å². The van der Waals surface area contributed by atoms with Gasteiger partial charge in [0.1, 0.15) is 61.0 Å². The van der Waals surface area contributed by atoms with Crippen molar-refractivity contribution in [3.63, 3.8) is 0 Å². The Bertz CT molecular complexity index is 1010. The number of hydrogen-bond acceptors (Lipinski definition) is 19. The van der Waals surface area contributed by atoms with Gasteiger partial charge in [-0.1, -0.05) is 0 Å². The van der Waals surface area contributed by atoms with Crippen molar-refractivity contribution in [2.75, 3.05) is 33.3 Å². The minimum absolute atomic E-state index is 0.00114. The molecule has 1 unspecified atom stereocenters. The summed E-state index contributed by atoms with van der Waals surface area (Å²) in [5, 5.41) is 69.4. The van der Waals surface area contributed by atoms with Crippen LogP contribution in [0.25, 0.3) is 0 Å². The molecule has 4 fully saturated rings. The van der Waals surface area contributed by atoms with E-state index in [1.807, 2.05) is 0 Å². The Labute approximate surface area is 278 Å². The molecule has 3 heterocycles. The van der Waals surface area contributed by atoms with E-state index in [-0.39, 0.29) is 32.0 Å². The zero-order valence-corrected chi connectivity index (χ0v) is 27.0. The zero-order valence-electron chi connectivity index (χ0n) is 27.0. The topological polar surface area (TPSA) is 348 Å². The summed E-state index contributed by atoms with van der Waals surface area (Å²) >= 11 is 0. The summed E-state index contributed by atoms with van der Waals surface area (Å²) in [7, 11) is 1.78. The molecule has 0 aromatic heterocycles. The summed E-state index contributed by atoms with van der Waals surface area (Å²) in [6.45, 7) is -0.241. The van der Waals surface area contributed by atoms with E-state index in [0.717, 1.165) is 0 Å². The molecule has 20 nitrogen and oxygen atoms in total. The molecular formula is C28H55N7O13. The number of carbonyl (C=O) groups excluding carboxylic acids is 1. The number of rotatable bonds is 14. The maximum absolute atomic E-state index is 12.7. The summed E-state index contributed by atoms with van der Waals surface area (Å²) in [6.07, 6.45) is -16.3. The molecule has 48 heavy (non-hydrogen) atoms. The molecule has 3 saturated heterocycles. The molecule has 1 amide bonds. The van der Waals surface area contributed by atoms with Gasteiger partial charge in [-0.05, 0) is 39.3 Å². The monoisotopic (exact) mass is 697 g/mol.